The summed E-state index contributed by atoms with van der Waals surface area (Å²) in [4.78, 5) is 0. The number of alkyl halides is 1. The molecule has 0 bridgehead atoms. The number of hydrogen-bond acceptors (Lipinski definition) is 1. The first-order valence-corrected chi connectivity index (χ1v) is 40.6. The number of fused-ring (bicyclic) bond motifs is 4. The third-order valence-corrected chi connectivity index (χ3v) is 39.4. The van der Waals surface area contributed by atoms with Gasteiger partial charge in [0.05, 0.1) is 24.4 Å². The topological polar surface area (TPSA) is 9.23 Å². The molecule has 30 heteroatoms. The molecule has 1 nitrogen and oxygen atoms in total. The number of rotatable bonds is 30. The smallest absolute Gasteiger partial charge is 0.253 e. The van der Waals surface area contributed by atoms with E-state index in [1.165, 1.54) is 13.8 Å². The van der Waals surface area contributed by atoms with Crippen LogP contribution in [0.25, 0.3) is 21.9 Å². The van der Waals surface area contributed by atoms with Crippen molar-refractivity contribution in [2.45, 2.75) is 217 Å². The largest absolute Gasteiger partial charge is 0.541 e. The summed E-state index contributed by atoms with van der Waals surface area (Å²) in [5.41, 5.74) is -31.7. The predicted molar refractivity (Wildman–Crippen MR) is 334 cm³/mol. The standard InChI is InChI=1S/C68H73BF25OSi3/c1-12-96(11,13-2)26-22-18-14-15-19-23-27-97(30(3)4,28-24-20-16-17-21-25-29-98(31(5)6,32(7)8)33(9)10)95-67-37-36(46(73)57(84)66(67)93)43(70)40(50(77)47(37)74)69(41-51(78)60(87)64(91)61(88)52(41)79,42-53(80)62(89)65(92)63(90)54(42)81)68(94)38-34(44(71)55(82)58(85)48(38)75)35-39(68)49(76)59(86)56(83)45(35)72/h30-33H,12-29H2,1-11H3/q-1. The van der Waals surface area contributed by atoms with Gasteiger partial charge in [-0.2, -0.15) is 4.39 Å². The van der Waals surface area contributed by atoms with E-state index in [9.17, 15) is 0 Å². The zero-order valence-corrected chi connectivity index (χ0v) is 58.5. The molecule has 0 saturated carbocycles. The van der Waals surface area contributed by atoms with Crippen molar-refractivity contribution < 1.29 is 114 Å². The number of unbranched alkanes of at least 4 members (excludes halogenated alkanes) is 10. The van der Waals surface area contributed by atoms with Crippen molar-refractivity contribution in [2.75, 3.05) is 0 Å². The Morgan fingerprint density at radius 3 is 0.929 bits per heavy atom. The molecular formula is C68H73BF25OSi3-. The van der Waals surface area contributed by atoms with Crippen molar-refractivity contribution in [3.05, 3.63) is 151 Å². The maximum atomic E-state index is 20.4. The van der Waals surface area contributed by atoms with E-state index in [4.69, 9.17) is 4.43 Å². The summed E-state index contributed by atoms with van der Waals surface area (Å²) in [6.07, 6.45) is -1.20. The van der Waals surface area contributed by atoms with Gasteiger partial charge in [0.2, 0.25) is 5.82 Å². The molecule has 542 valence electrons. The quantitative estimate of drug-likeness (QED) is 0.0144. The second-order valence-corrected chi connectivity index (χ2v) is 43.8. The fourth-order valence-electron chi connectivity index (χ4n) is 15.8. The Kier molecular flexibility index (Phi) is 24.5. The highest BCUT2D eigenvalue weighted by Crippen LogP contribution is 2.60. The SMILES string of the molecule is CC[Si](C)(CC)CCCCCCCC[Si](CCCCCCCC[Si](C(C)C)(C(C)C)C(C)C)(Oc1c(F)c(F)c(F)c2c(F)c([B-](c3c(F)c(F)c(F)c(F)c3F)(c3c(F)c(F)c(F)c(F)c3F)C3(F)c4c(F)c(F)c(F)c(F)c4-c4c(F)c(F)c(F)c(F)c43)c(F)c(F)c12)C(C)C. The molecule has 0 amide bonds. The van der Waals surface area contributed by atoms with Crippen LogP contribution in [0.4, 0.5) is 110 Å². The van der Waals surface area contributed by atoms with Gasteiger partial charge < -0.3 is 4.43 Å². The highest BCUT2D eigenvalue weighted by Gasteiger charge is 2.67. The fourth-order valence-corrected chi connectivity index (χ4v) is 28.9. The average Bonchev–Trinajstić information content (AvgIpc) is 1.35. The Morgan fingerprint density at radius 2 is 0.582 bits per heavy atom. The lowest BCUT2D eigenvalue weighted by atomic mass is 9.08. The predicted octanol–water partition coefficient (Wildman–Crippen LogP) is 23.3. The van der Waals surface area contributed by atoms with Crippen LogP contribution >= 0.6 is 0 Å². The molecule has 0 aliphatic heterocycles. The lowest BCUT2D eigenvalue weighted by Gasteiger charge is -2.53. The first-order valence-electron chi connectivity index (χ1n) is 32.6. The minimum atomic E-state index is -8.29. The van der Waals surface area contributed by atoms with Crippen LogP contribution in [-0.2, 0) is 5.57 Å². The van der Waals surface area contributed by atoms with Crippen LogP contribution in [-0.4, -0.2) is 30.6 Å². The van der Waals surface area contributed by atoms with Gasteiger partial charge in [-0.05, 0) is 17.6 Å². The van der Waals surface area contributed by atoms with Crippen molar-refractivity contribution >= 4 is 57.8 Å². The van der Waals surface area contributed by atoms with Crippen LogP contribution in [0.1, 0.15) is 157 Å². The van der Waals surface area contributed by atoms with Gasteiger partial charge in [0.15, 0.2) is 111 Å². The molecule has 6 aromatic carbocycles. The Morgan fingerprint density at radius 1 is 0.306 bits per heavy atom. The van der Waals surface area contributed by atoms with Crippen molar-refractivity contribution in [2.24, 2.45) is 0 Å². The van der Waals surface area contributed by atoms with Crippen LogP contribution in [0.5, 0.6) is 5.75 Å². The monoisotopic (exact) mass is 1480 g/mol. The van der Waals surface area contributed by atoms with Crippen molar-refractivity contribution in [3.8, 4) is 16.9 Å². The van der Waals surface area contributed by atoms with Crippen LogP contribution in [0.2, 0.25) is 65.0 Å². The molecule has 0 saturated heterocycles. The van der Waals surface area contributed by atoms with Gasteiger partial charge in [0.1, 0.15) is 34.9 Å². The van der Waals surface area contributed by atoms with Gasteiger partial charge in [-0.15, -0.1) is 16.4 Å². The maximum absolute atomic E-state index is 20.4. The van der Waals surface area contributed by atoms with Crippen LogP contribution in [0.3, 0.4) is 0 Å². The summed E-state index contributed by atoms with van der Waals surface area (Å²) < 4.78 is 427. The van der Waals surface area contributed by atoms with Gasteiger partial charge in [-0.25, -0.2) is 101 Å². The Labute approximate surface area is 554 Å². The third-order valence-electron chi connectivity index (χ3n) is 21.7. The summed E-state index contributed by atoms with van der Waals surface area (Å²) in [6.45, 7) is 22.8. The molecular weight excluding hydrogens is 1400 g/mol. The summed E-state index contributed by atoms with van der Waals surface area (Å²) in [6, 6.07) is 3.97. The second-order valence-electron chi connectivity index (χ2n) is 27.6. The molecule has 0 aromatic heterocycles. The lowest BCUT2D eigenvalue weighted by Crippen LogP contribution is -2.81. The molecule has 6 aromatic rings. The number of hydrogen-bond donors (Lipinski definition) is 0. The van der Waals surface area contributed by atoms with E-state index in [-0.39, 0.29) is 24.9 Å². The Bertz CT molecular complexity index is 3830. The van der Waals surface area contributed by atoms with E-state index < -0.39 is 236 Å². The average molecular weight is 1480 g/mol. The van der Waals surface area contributed by atoms with Crippen molar-refractivity contribution in [1.29, 1.82) is 0 Å². The van der Waals surface area contributed by atoms with E-state index in [1.54, 1.807) is 0 Å². The van der Waals surface area contributed by atoms with Crippen LogP contribution < -0.4 is 20.8 Å². The molecule has 1 unspecified atom stereocenters. The Hall–Kier alpha value is -5.65. The second kappa shape index (κ2) is 30.1. The maximum Gasteiger partial charge on any atom is 0.253 e. The molecule has 1 aliphatic carbocycles. The molecule has 0 spiro atoms. The Balaban J connectivity index is 1.59. The zero-order chi connectivity index (χ0) is 73.9. The van der Waals surface area contributed by atoms with Gasteiger partial charge >= 0.3 is 0 Å². The molecule has 1 atom stereocenters. The first kappa shape index (κ1) is 79.7. The first-order chi connectivity index (χ1) is 45.6. The van der Waals surface area contributed by atoms with Gasteiger partial charge in [-0.3, -0.25) is 4.39 Å². The normalized spacial score (nSPS) is 14.2. The number of halogens is 25. The molecule has 0 radical (unpaired) electrons. The van der Waals surface area contributed by atoms with Gasteiger partial charge in [0, 0.05) is 30.3 Å². The molecule has 0 N–H and O–H groups in total. The zero-order valence-electron chi connectivity index (χ0n) is 55.5. The van der Waals surface area contributed by atoms with Crippen LogP contribution in [0.15, 0.2) is 0 Å². The molecule has 1 aliphatic rings. The highest BCUT2D eigenvalue weighted by atomic mass is 28.4. The number of benzene rings is 6. The van der Waals surface area contributed by atoms with E-state index in [2.05, 4.69) is 61.9 Å². The summed E-state index contributed by atoms with van der Waals surface area (Å²) in [5.74, 6) is -89.5. The van der Waals surface area contributed by atoms with Crippen molar-refractivity contribution in [3.63, 3.8) is 0 Å². The minimum absolute atomic E-state index is 0.118. The highest BCUT2D eigenvalue weighted by molar-refractivity contribution is 7.14. The van der Waals surface area contributed by atoms with E-state index in [1.807, 2.05) is 0 Å². The van der Waals surface area contributed by atoms with Gasteiger partial charge in [-0.1, -0.05) is 194 Å². The molecule has 7 rings (SSSR count). The van der Waals surface area contributed by atoms with Crippen molar-refractivity contribution in [1.82, 2.24) is 0 Å². The summed E-state index contributed by atoms with van der Waals surface area (Å²) in [5, 5.41) is -5.31. The van der Waals surface area contributed by atoms with Crippen LogP contribution in [0, 0.1) is 140 Å². The lowest BCUT2D eigenvalue weighted by molar-refractivity contribution is 0.296. The fraction of sp³-hybridized carbons (Fsp3) is 0.500. The summed E-state index contributed by atoms with van der Waals surface area (Å²) in [7, 11) is -7.46. The van der Waals surface area contributed by atoms with E-state index in [0.717, 1.165) is 49.9 Å². The van der Waals surface area contributed by atoms with E-state index >= 15 is 110 Å². The minimum Gasteiger partial charge on any atom is -0.541 e. The molecule has 0 heterocycles. The third kappa shape index (κ3) is 12.7. The molecule has 98 heavy (non-hydrogen) atoms. The van der Waals surface area contributed by atoms with E-state index in [0.29, 0.717) is 55.1 Å². The summed E-state index contributed by atoms with van der Waals surface area (Å²) >= 11 is 0. The van der Waals surface area contributed by atoms with Gasteiger partial charge in [0.25, 0.3) is 8.32 Å². The molecule has 0 fully saturated rings.